The second-order valence-electron chi connectivity index (χ2n) is 12.4. The molecule has 2 aliphatic carbocycles. The van der Waals surface area contributed by atoms with Crippen molar-refractivity contribution in [1.29, 1.82) is 0 Å². The van der Waals surface area contributed by atoms with Crippen LogP contribution in [0.25, 0.3) is 71.3 Å². The molecule has 0 radical (unpaired) electrons. The van der Waals surface area contributed by atoms with E-state index in [1.165, 1.54) is 11.1 Å². The summed E-state index contributed by atoms with van der Waals surface area (Å²) in [4.78, 5) is 0. The van der Waals surface area contributed by atoms with Gasteiger partial charge in [0.1, 0.15) is 11.2 Å². The van der Waals surface area contributed by atoms with Gasteiger partial charge in [0.25, 0.3) is 0 Å². The predicted molar refractivity (Wildman–Crippen MR) is 190 cm³/mol. The molecule has 0 saturated heterocycles. The van der Waals surface area contributed by atoms with Gasteiger partial charge in [0.05, 0.1) is 5.56 Å². The largest absolute Gasteiger partial charge is 0.504 e. The van der Waals surface area contributed by atoms with E-state index in [-0.39, 0.29) is 5.56 Å². The molecule has 2 aliphatic rings. The molecule has 1 aromatic heterocycles. The van der Waals surface area contributed by atoms with Crippen molar-refractivity contribution < 1.29 is 29.9 Å². The van der Waals surface area contributed by atoms with Crippen LogP contribution in [0.4, 0.5) is 0 Å². The average Bonchev–Trinajstić information content (AvgIpc) is 3.50. The lowest BCUT2D eigenvalue weighted by molar-refractivity contribution is 0.330. The van der Waals surface area contributed by atoms with Crippen LogP contribution in [0.1, 0.15) is 12.0 Å². The van der Waals surface area contributed by atoms with Crippen LogP contribution >= 0.6 is 0 Å². The molecule has 7 aromatic rings. The van der Waals surface area contributed by atoms with Crippen LogP contribution in [0.5, 0.6) is 28.7 Å². The zero-order chi connectivity index (χ0) is 32.7. The molecule has 5 N–H and O–H groups in total. The van der Waals surface area contributed by atoms with Crippen molar-refractivity contribution in [2.24, 2.45) is 5.92 Å². The predicted octanol–water partition coefficient (Wildman–Crippen LogP) is 10.2. The van der Waals surface area contributed by atoms with Crippen LogP contribution in [0.3, 0.4) is 0 Å². The summed E-state index contributed by atoms with van der Waals surface area (Å²) >= 11 is 0. The minimum Gasteiger partial charge on any atom is -0.504 e. The molecule has 48 heavy (non-hydrogen) atoms. The summed E-state index contributed by atoms with van der Waals surface area (Å²) in [5.41, 5.74) is 7.47. The van der Waals surface area contributed by atoms with Crippen LogP contribution in [0.15, 0.2) is 131 Å². The number of rotatable bonds is 3. The maximum Gasteiger partial charge on any atom is 0.208 e. The number of furan rings is 1. The van der Waals surface area contributed by atoms with Crippen molar-refractivity contribution in [2.75, 3.05) is 0 Å². The van der Waals surface area contributed by atoms with Crippen LogP contribution in [-0.2, 0) is 0 Å². The van der Waals surface area contributed by atoms with E-state index in [2.05, 4.69) is 54.7 Å². The van der Waals surface area contributed by atoms with Gasteiger partial charge in [-0.3, -0.25) is 0 Å². The highest BCUT2D eigenvalue weighted by molar-refractivity contribution is 6.23. The third-order valence-corrected chi connectivity index (χ3v) is 9.77. The number of hydrogen-bond donors (Lipinski definition) is 5. The van der Waals surface area contributed by atoms with Gasteiger partial charge in [0.2, 0.25) is 17.2 Å². The second-order valence-corrected chi connectivity index (χ2v) is 12.4. The van der Waals surface area contributed by atoms with E-state index < -0.39 is 28.7 Å². The quantitative estimate of drug-likeness (QED) is 0.0756. The Balaban J connectivity index is 1.28. The molecule has 0 aliphatic heterocycles. The standard InChI is InChI=1S/C42H28O6/c43-38-37(39(44)41(46)42(47)40(38)45)36-29-11-5-3-9-27(29)35(28-10-4-6-12-30(28)36)26-16-18-34-32(21-26)31-20-25(15-17-33(31)48-34)24-14-13-22-7-1-2-8-23(22)19-24/h1-18,20-21,23,43-47H,19H2. The molecule has 9 rings (SSSR count). The maximum absolute atomic E-state index is 11.0. The molecule has 1 heterocycles. The number of allylic oxidation sites excluding steroid dienone is 8. The Labute approximate surface area is 274 Å². The molecule has 6 heteroatoms. The fourth-order valence-corrected chi connectivity index (χ4v) is 7.44. The van der Waals surface area contributed by atoms with E-state index in [9.17, 15) is 25.5 Å². The van der Waals surface area contributed by atoms with Gasteiger partial charge in [-0.05, 0) is 80.1 Å². The Bertz CT molecular complexity index is 2560. The molecule has 0 amide bonds. The highest BCUT2D eigenvalue weighted by Crippen LogP contribution is 2.57. The van der Waals surface area contributed by atoms with Crippen molar-refractivity contribution in [3.05, 3.63) is 133 Å². The first-order valence-electron chi connectivity index (χ1n) is 15.7. The highest BCUT2D eigenvalue weighted by Gasteiger charge is 2.28. The number of phenols is 5. The number of benzene rings is 6. The van der Waals surface area contributed by atoms with Gasteiger partial charge in [0.15, 0.2) is 11.5 Å². The molecular formula is C42H28O6. The molecular weight excluding hydrogens is 600 g/mol. The first-order valence-corrected chi connectivity index (χ1v) is 15.7. The molecule has 0 spiro atoms. The summed E-state index contributed by atoms with van der Waals surface area (Å²) < 4.78 is 6.31. The molecule has 1 unspecified atom stereocenters. The van der Waals surface area contributed by atoms with Crippen molar-refractivity contribution in [3.8, 4) is 51.0 Å². The van der Waals surface area contributed by atoms with E-state index in [0.29, 0.717) is 22.3 Å². The number of fused-ring (bicyclic) bond motifs is 6. The zero-order valence-corrected chi connectivity index (χ0v) is 25.5. The zero-order valence-electron chi connectivity index (χ0n) is 25.5. The Morgan fingerprint density at radius 2 is 1.04 bits per heavy atom. The maximum atomic E-state index is 11.0. The molecule has 6 nitrogen and oxygen atoms in total. The van der Waals surface area contributed by atoms with Gasteiger partial charge >= 0.3 is 0 Å². The lowest BCUT2D eigenvalue weighted by Gasteiger charge is -2.22. The second kappa shape index (κ2) is 10.3. The topological polar surface area (TPSA) is 114 Å². The summed E-state index contributed by atoms with van der Waals surface area (Å²) in [7, 11) is 0. The summed E-state index contributed by atoms with van der Waals surface area (Å²) in [6, 6.07) is 27.8. The minimum absolute atomic E-state index is 0.177. The van der Waals surface area contributed by atoms with E-state index in [1.54, 1.807) is 0 Å². The third kappa shape index (κ3) is 3.99. The number of phenolic OH excluding ortho intramolecular Hbond substituents is 5. The van der Waals surface area contributed by atoms with Gasteiger partial charge in [-0.25, -0.2) is 0 Å². The fraction of sp³-hybridized carbons (Fsp3) is 0.0476. The smallest absolute Gasteiger partial charge is 0.208 e. The first-order chi connectivity index (χ1) is 23.4. The van der Waals surface area contributed by atoms with Gasteiger partial charge < -0.3 is 29.9 Å². The summed E-state index contributed by atoms with van der Waals surface area (Å²) in [6.07, 6.45) is 14.0. The van der Waals surface area contributed by atoms with E-state index in [0.717, 1.165) is 55.8 Å². The SMILES string of the molecule is Oc1c(O)c(O)c(-c2c3ccccc3c(-c3ccc4oc5ccc(C6=CC=C7C=CC=CC7C6)cc5c4c3)c3ccccc23)c(O)c1O. The average molecular weight is 629 g/mol. The molecule has 1 atom stereocenters. The number of aromatic hydroxyl groups is 5. The van der Waals surface area contributed by atoms with Gasteiger partial charge in [-0.15, -0.1) is 0 Å². The Morgan fingerprint density at radius 1 is 0.500 bits per heavy atom. The molecule has 0 bridgehead atoms. The van der Waals surface area contributed by atoms with Crippen molar-refractivity contribution in [3.63, 3.8) is 0 Å². The minimum atomic E-state index is -0.994. The molecule has 0 fully saturated rings. The van der Waals surface area contributed by atoms with Crippen molar-refractivity contribution in [2.45, 2.75) is 6.42 Å². The monoisotopic (exact) mass is 628 g/mol. The molecule has 6 aromatic carbocycles. The summed E-state index contributed by atoms with van der Waals surface area (Å²) in [6.45, 7) is 0. The normalized spacial score (nSPS) is 15.7. The van der Waals surface area contributed by atoms with Gasteiger partial charge in [-0.2, -0.15) is 0 Å². The fourth-order valence-electron chi connectivity index (χ4n) is 7.44. The Hall–Kier alpha value is -6.40. The van der Waals surface area contributed by atoms with E-state index in [4.69, 9.17) is 4.42 Å². The van der Waals surface area contributed by atoms with Crippen molar-refractivity contribution in [1.82, 2.24) is 0 Å². The Morgan fingerprint density at radius 3 is 1.67 bits per heavy atom. The lowest BCUT2D eigenvalue weighted by atomic mass is 9.82. The molecule has 0 saturated carbocycles. The lowest BCUT2D eigenvalue weighted by Crippen LogP contribution is -2.06. The van der Waals surface area contributed by atoms with E-state index >= 15 is 0 Å². The van der Waals surface area contributed by atoms with Crippen molar-refractivity contribution >= 4 is 49.1 Å². The Kier molecular flexibility index (Phi) is 5.98. The summed E-state index contributed by atoms with van der Waals surface area (Å²) in [5, 5.41) is 58.0. The summed E-state index contributed by atoms with van der Waals surface area (Å²) in [5.74, 6) is -3.91. The third-order valence-electron chi connectivity index (χ3n) is 9.77. The highest BCUT2D eigenvalue weighted by atomic mass is 16.4. The molecule has 232 valence electrons. The van der Waals surface area contributed by atoms with Crippen LogP contribution < -0.4 is 0 Å². The van der Waals surface area contributed by atoms with Crippen LogP contribution in [0.2, 0.25) is 0 Å². The van der Waals surface area contributed by atoms with Crippen LogP contribution in [-0.4, -0.2) is 25.5 Å². The number of hydrogen-bond acceptors (Lipinski definition) is 6. The van der Waals surface area contributed by atoms with Crippen LogP contribution in [0, 0.1) is 5.92 Å². The van der Waals surface area contributed by atoms with Gasteiger partial charge in [-0.1, -0.05) is 97.1 Å². The van der Waals surface area contributed by atoms with Gasteiger partial charge in [0, 0.05) is 22.3 Å². The van der Waals surface area contributed by atoms with E-state index in [1.807, 2.05) is 66.7 Å². The first kappa shape index (κ1) is 27.9.